The predicted octanol–water partition coefficient (Wildman–Crippen LogP) is 5.47. The fourth-order valence-corrected chi connectivity index (χ4v) is 2.71. The minimum absolute atomic E-state index is 0.343. The molecule has 0 aliphatic heterocycles. The summed E-state index contributed by atoms with van der Waals surface area (Å²) in [5.41, 5.74) is 3.47. The van der Waals surface area contributed by atoms with Gasteiger partial charge in [-0.15, -0.1) is 0 Å². The molecule has 0 unspecified atom stereocenters. The Morgan fingerprint density at radius 3 is 1.89 bits per heavy atom. The SMILES string of the molecule is CCC1=C(CCCCCCCCCCCC(=O)O)C1. The Morgan fingerprint density at radius 2 is 1.42 bits per heavy atom. The van der Waals surface area contributed by atoms with Crippen LogP contribution in [0.5, 0.6) is 0 Å². The van der Waals surface area contributed by atoms with Crippen LogP contribution in [0.25, 0.3) is 0 Å². The molecule has 0 aromatic rings. The Morgan fingerprint density at radius 1 is 0.895 bits per heavy atom. The Balaban J connectivity index is 1.72. The summed E-state index contributed by atoms with van der Waals surface area (Å²) in [5, 5.41) is 8.51. The van der Waals surface area contributed by atoms with Crippen LogP contribution < -0.4 is 0 Å². The standard InChI is InChI=1S/C17H30O2/c1-2-15-14-16(15)12-10-8-6-4-3-5-7-9-11-13-17(18)19/h2-14H2,1H3,(H,18,19). The third-order valence-corrected chi connectivity index (χ3v) is 4.10. The van der Waals surface area contributed by atoms with Crippen molar-refractivity contribution < 1.29 is 9.90 Å². The van der Waals surface area contributed by atoms with Crippen molar-refractivity contribution in [3.8, 4) is 0 Å². The molecule has 0 spiro atoms. The second-order valence-electron chi connectivity index (χ2n) is 5.81. The molecule has 2 heteroatoms. The number of carbonyl (C=O) groups is 1. The van der Waals surface area contributed by atoms with Gasteiger partial charge in [-0.25, -0.2) is 0 Å². The summed E-state index contributed by atoms with van der Waals surface area (Å²) >= 11 is 0. The number of carboxylic acid groups (broad SMARTS) is 1. The van der Waals surface area contributed by atoms with Gasteiger partial charge in [-0.3, -0.25) is 4.79 Å². The van der Waals surface area contributed by atoms with Crippen LogP contribution in [0, 0.1) is 0 Å². The average Bonchev–Trinajstić information content (AvgIpc) is 3.14. The van der Waals surface area contributed by atoms with Crippen LogP contribution in [0.4, 0.5) is 0 Å². The molecule has 0 aromatic carbocycles. The lowest BCUT2D eigenvalue weighted by molar-refractivity contribution is -0.137. The van der Waals surface area contributed by atoms with E-state index in [1.807, 2.05) is 0 Å². The smallest absolute Gasteiger partial charge is 0.303 e. The number of rotatable bonds is 13. The maximum atomic E-state index is 10.3. The van der Waals surface area contributed by atoms with Gasteiger partial charge in [-0.1, -0.05) is 63.0 Å². The minimum Gasteiger partial charge on any atom is -0.481 e. The van der Waals surface area contributed by atoms with Gasteiger partial charge in [0.05, 0.1) is 0 Å². The maximum absolute atomic E-state index is 10.3. The van der Waals surface area contributed by atoms with Crippen molar-refractivity contribution in [2.75, 3.05) is 0 Å². The summed E-state index contributed by atoms with van der Waals surface area (Å²) in [6.07, 6.45) is 15.6. The van der Waals surface area contributed by atoms with Crippen molar-refractivity contribution in [3.05, 3.63) is 11.1 Å². The molecule has 0 saturated carbocycles. The zero-order chi connectivity index (χ0) is 13.9. The second kappa shape index (κ2) is 10.1. The lowest BCUT2D eigenvalue weighted by Gasteiger charge is -2.01. The zero-order valence-corrected chi connectivity index (χ0v) is 12.5. The topological polar surface area (TPSA) is 37.3 Å². The van der Waals surface area contributed by atoms with Gasteiger partial charge in [0.2, 0.25) is 0 Å². The van der Waals surface area contributed by atoms with E-state index in [4.69, 9.17) is 5.11 Å². The molecule has 1 rings (SSSR count). The fourth-order valence-electron chi connectivity index (χ4n) is 2.71. The first-order chi connectivity index (χ1) is 9.24. The van der Waals surface area contributed by atoms with E-state index in [-0.39, 0.29) is 0 Å². The van der Waals surface area contributed by atoms with E-state index in [1.165, 1.54) is 64.2 Å². The number of unbranched alkanes of at least 4 members (excludes halogenated alkanes) is 8. The van der Waals surface area contributed by atoms with Crippen molar-refractivity contribution in [1.29, 1.82) is 0 Å². The number of hydrogen-bond donors (Lipinski definition) is 1. The summed E-state index contributed by atoms with van der Waals surface area (Å²) in [6.45, 7) is 2.26. The molecule has 0 amide bonds. The van der Waals surface area contributed by atoms with Crippen molar-refractivity contribution in [2.24, 2.45) is 0 Å². The number of aliphatic carboxylic acids is 1. The van der Waals surface area contributed by atoms with Crippen molar-refractivity contribution in [1.82, 2.24) is 0 Å². The van der Waals surface area contributed by atoms with Crippen molar-refractivity contribution in [2.45, 2.75) is 90.4 Å². The van der Waals surface area contributed by atoms with Crippen LogP contribution in [-0.2, 0) is 4.79 Å². The van der Waals surface area contributed by atoms with Crippen LogP contribution in [0.15, 0.2) is 11.1 Å². The van der Waals surface area contributed by atoms with Gasteiger partial charge in [0, 0.05) is 6.42 Å². The molecular weight excluding hydrogens is 236 g/mol. The summed E-state index contributed by atoms with van der Waals surface area (Å²) in [7, 11) is 0. The Labute approximate surface area is 118 Å². The van der Waals surface area contributed by atoms with Gasteiger partial charge in [-0.2, -0.15) is 0 Å². The lowest BCUT2D eigenvalue weighted by Crippen LogP contribution is -1.93. The highest BCUT2D eigenvalue weighted by Crippen LogP contribution is 2.37. The Kier molecular flexibility index (Phi) is 8.61. The quantitative estimate of drug-likeness (QED) is 0.354. The van der Waals surface area contributed by atoms with Gasteiger partial charge in [0.15, 0.2) is 0 Å². The number of carboxylic acids is 1. The summed E-state index contributed by atoms with van der Waals surface area (Å²) in [4.78, 5) is 10.3. The molecule has 0 bridgehead atoms. The van der Waals surface area contributed by atoms with Crippen molar-refractivity contribution >= 4 is 5.97 Å². The fraction of sp³-hybridized carbons (Fsp3) is 0.824. The lowest BCUT2D eigenvalue weighted by atomic mass is 10.1. The molecule has 110 valence electrons. The summed E-state index contributed by atoms with van der Waals surface area (Å²) < 4.78 is 0. The minimum atomic E-state index is -0.656. The van der Waals surface area contributed by atoms with Crippen LogP contribution >= 0.6 is 0 Å². The molecule has 1 N–H and O–H groups in total. The first-order valence-electron chi connectivity index (χ1n) is 8.15. The molecular formula is C17H30O2. The van der Waals surface area contributed by atoms with Gasteiger partial charge < -0.3 is 5.11 Å². The van der Waals surface area contributed by atoms with Gasteiger partial charge in [0.25, 0.3) is 0 Å². The van der Waals surface area contributed by atoms with Crippen LogP contribution in [-0.4, -0.2) is 11.1 Å². The molecule has 1 aliphatic rings. The number of hydrogen-bond acceptors (Lipinski definition) is 1. The van der Waals surface area contributed by atoms with Gasteiger partial charge in [-0.05, 0) is 32.1 Å². The molecule has 19 heavy (non-hydrogen) atoms. The van der Waals surface area contributed by atoms with E-state index in [2.05, 4.69) is 6.92 Å². The normalized spacial score (nSPS) is 13.9. The van der Waals surface area contributed by atoms with E-state index in [0.29, 0.717) is 6.42 Å². The van der Waals surface area contributed by atoms with E-state index in [1.54, 1.807) is 11.1 Å². The van der Waals surface area contributed by atoms with Crippen LogP contribution in [0.3, 0.4) is 0 Å². The monoisotopic (exact) mass is 266 g/mol. The van der Waals surface area contributed by atoms with Crippen LogP contribution in [0.1, 0.15) is 90.4 Å². The van der Waals surface area contributed by atoms with E-state index in [9.17, 15) is 4.79 Å². The second-order valence-corrected chi connectivity index (χ2v) is 5.81. The Hall–Kier alpha value is -0.790. The molecule has 0 saturated heterocycles. The predicted molar refractivity (Wildman–Crippen MR) is 80.4 cm³/mol. The zero-order valence-electron chi connectivity index (χ0n) is 12.5. The average molecular weight is 266 g/mol. The van der Waals surface area contributed by atoms with Gasteiger partial charge >= 0.3 is 5.97 Å². The summed E-state index contributed by atoms with van der Waals surface area (Å²) in [5.74, 6) is -0.656. The highest BCUT2D eigenvalue weighted by Gasteiger charge is 2.17. The molecule has 0 radical (unpaired) electrons. The van der Waals surface area contributed by atoms with Gasteiger partial charge in [0.1, 0.15) is 0 Å². The van der Waals surface area contributed by atoms with E-state index < -0.39 is 5.97 Å². The Bertz CT molecular complexity index is 292. The van der Waals surface area contributed by atoms with Crippen LogP contribution in [0.2, 0.25) is 0 Å². The third-order valence-electron chi connectivity index (χ3n) is 4.10. The molecule has 2 nitrogen and oxygen atoms in total. The third kappa shape index (κ3) is 8.85. The van der Waals surface area contributed by atoms with Crippen molar-refractivity contribution in [3.63, 3.8) is 0 Å². The molecule has 0 fully saturated rings. The number of allylic oxidation sites excluding steroid dienone is 2. The van der Waals surface area contributed by atoms with E-state index in [0.717, 1.165) is 12.8 Å². The first-order valence-corrected chi connectivity index (χ1v) is 8.15. The first kappa shape index (κ1) is 16.3. The largest absolute Gasteiger partial charge is 0.481 e. The molecule has 0 heterocycles. The maximum Gasteiger partial charge on any atom is 0.303 e. The molecule has 0 aromatic heterocycles. The highest BCUT2D eigenvalue weighted by molar-refractivity contribution is 5.66. The highest BCUT2D eigenvalue weighted by atomic mass is 16.4. The summed E-state index contributed by atoms with van der Waals surface area (Å²) in [6, 6.07) is 0. The molecule has 1 aliphatic carbocycles. The van der Waals surface area contributed by atoms with E-state index >= 15 is 0 Å². The molecule has 0 atom stereocenters.